The summed E-state index contributed by atoms with van der Waals surface area (Å²) in [4.78, 5) is 2.67. The van der Waals surface area contributed by atoms with Crippen molar-refractivity contribution < 1.29 is 0 Å². The second-order valence-corrected chi connectivity index (χ2v) is 6.54. The topological polar surface area (TPSA) is 3.24 Å². The summed E-state index contributed by atoms with van der Waals surface area (Å²) in [6.07, 6.45) is 6.95. The van der Waals surface area contributed by atoms with E-state index in [-0.39, 0.29) is 0 Å². The van der Waals surface area contributed by atoms with Crippen LogP contribution in [0.1, 0.15) is 37.7 Å². The van der Waals surface area contributed by atoms with Crippen LogP contribution in [0.25, 0.3) is 0 Å². The molecule has 0 amide bonds. The molecule has 0 unspecified atom stereocenters. The Morgan fingerprint density at radius 2 is 1.88 bits per heavy atom. The highest BCUT2D eigenvalue weighted by Gasteiger charge is 2.40. The van der Waals surface area contributed by atoms with Gasteiger partial charge in [-0.25, -0.2) is 0 Å². The molecule has 0 bridgehead atoms. The van der Waals surface area contributed by atoms with Crippen molar-refractivity contribution in [1.29, 1.82) is 0 Å². The van der Waals surface area contributed by atoms with Gasteiger partial charge in [-0.3, -0.25) is 0 Å². The van der Waals surface area contributed by atoms with Crippen molar-refractivity contribution >= 4 is 15.9 Å². The fourth-order valence-corrected chi connectivity index (χ4v) is 3.73. The van der Waals surface area contributed by atoms with Gasteiger partial charge in [0, 0.05) is 16.4 Å². The molecule has 2 aliphatic rings. The highest BCUT2D eigenvalue weighted by molar-refractivity contribution is 9.10. The van der Waals surface area contributed by atoms with E-state index in [4.69, 9.17) is 0 Å². The number of nitrogens with zero attached hydrogens (tertiary/aromatic N) is 1. The molecule has 0 atom stereocenters. The van der Waals surface area contributed by atoms with Crippen molar-refractivity contribution in [2.75, 3.05) is 19.6 Å². The van der Waals surface area contributed by atoms with Crippen LogP contribution in [0.4, 0.5) is 0 Å². The molecule has 1 heterocycles. The Balaban J connectivity index is 1.81. The van der Waals surface area contributed by atoms with Gasteiger partial charge in [-0.05, 0) is 56.5 Å². The average Bonchev–Trinajstić information content (AvgIpc) is 2.76. The molecule has 1 nitrogen and oxygen atoms in total. The standard InChI is InChI=1S/C15H20BrN/c16-14-6-3-5-13(11-14)15(7-4-8-15)12-17-9-1-2-10-17/h3,5-6,11H,1-2,4,7-10,12H2. The van der Waals surface area contributed by atoms with Crippen LogP contribution in [0.15, 0.2) is 28.7 Å². The molecule has 92 valence electrons. The monoisotopic (exact) mass is 293 g/mol. The summed E-state index contributed by atoms with van der Waals surface area (Å²) in [5.41, 5.74) is 2.01. The molecule has 1 aliphatic heterocycles. The molecule has 1 saturated heterocycles. The Kier molecular flexibility index (Phi) is 3.27. The Bertz CT molecular complexity index is 392. The number of likely N-dealkylation sites (tertiary alicyclic amines) is 1. The SMILES string of the molecule is Brc1cccc(C2(CN3CCCC3)CCC2)c1. The van der Waals surface area contributed by atoms with Gasteiger partial charge in [0.05, 0.1) is 0 Å². The summed E-state index contributed by atoms with van der Waals surface area (Å²) in [7, 11) is 0. The van der Waals surface area contributed by atoms with Crippen LogP contribution in [0.3, 0.4) is 0 Å². The second-order valence-electron chi connectivity index (χ2n) is 5.63. The first-order valence-corrected chi connectivity index (χ1v) is 7.56. The van der Waals surface area contributed by atoms with Gasteiger partial charge < -0.3 is 4.90 Å². The van der Waals surface area contributed by atoms with E-state index in [0.29, 0.717) is 5.41 Å². The van der Waals surface area contributed by atoms with E-state index in [2.05, 4.69) is 45.1 Å². The molecule has 1 aromatic rings. The van der Waals surface area contributed by atoms with Gasteiger partial charge in [0.15, 0.2) is 0 Å². The maximum atomic E-state index is 3.61. The largest absolute Gasteiger partial charge is 0.302 e. The third-order valence-corrected chi connectivity index (χ3v) is 4.97. The molecule has 2 fully saturated rings. The van der Waals surface area contributed by atoms with Crippen molar-refractivity contribution in [3.8, 4) is 0 Å². The van der Waals surface area contributed by atoms with E-state index in [1.165, 1.54) is 56.2 Å². The predicted molar refractivity (Wildman–Crippen MR) is 75.3 cm³/mol. The Labute approximate surface area is 112 Å². The van der Waals surface area contributed by atoms with Gasteiger partial charge in [-0.2, -0.15) is 0 Å². The van der Waals surface area contributed by atoms with E-state index in [1.807, 2.05) is 0 Å². The minimum atomic E-state index is 0.466. The Hall–Kier alpha value is -0.340. The molecular weight excluding hydrogens is 274 g/mol. The quantitative estimate of drug-likeness (QED) is 0.815. The lowest BCUT2D eigenvalue weighted by Gasteiger charge is -2.45. The van der Waals surface area contributed by atoms with Crippen LogP contribution >= 0.6 is 15.9 Å². The van der Waals surface area contributed by atoms with Crippen molar-refractivity contribution in [2.45, 2.75) is 37.5 Å². The maximum Gasteiger partial charge on any atom is 0.0178 e. The van der Waals surface area contributed by atoms with Crippen LogP contribution in [-0.2, 0) is 5.41 Å². The van der Waals surface area contributed by atoms with Crippen molar-refractivity contribution in [2.24, 2.45) is 0 Å². The number of halogens is 1. The first-order chi connectivity index (χ1) is 8.28. The van der Waals surface area contributed by atoms with Crippen LogP contribution < -0.4 is 0 Å². The van der Waals surface area contributed by atoms with Gasteiger partial charge >= 0.3 is 0 Å². The normalized spacial score (nSPS) is 23.6. The molecule has 1 aliphatic carbocycles. The minimum Gasteiger partial charge on any atom is -0.302 e. The molecule has 0 spiro atoms. The molecule has 2 heteroatoms. The average molecular weight is 294 g/mol. The van der Waals surface area contributed by atoms with E-state index in [9.17, 15) is 0 Å². The van der Waals surface area contributed by atoms with E-state index < -0.39 is 0 Å². The molecule has 1 saturated carbocycles. The minimum absolute atomic E-state index is 0.466. The fourth-order valence-electron chi connectivity index (χ4n) is 3.33. The molecule has 0 aromatic heterocycles. The van der Waals surface area contributed by atoms with Crippen LogP contribution in [0, 0.1) is 0 Å². The summed E-state index contributed by atoms with van der Waals surface area (Å²) < 4.78 is 1.22. The fraction of sp³-hybridized carbons (Fsp3) is 0.600. The summed E-state index contributed by atoms with van der Waals surface area (Å²) in [5, 5.41) is 0. The highest BCUT2D eigenvalue weighted by atomic mass is 79.9. The lowest BCUT2D eigenvalue weighted by Crippen LogP contribution is -2.44. The van der Waals surface area contributed by atoms with Crippen molar-refractivity contribution in [3.05, 3.63) is 34.3 Å². The summed E-state index contributed by atoms with van der Waals surface area (Å²) in [5.74, 6) is 0. The number of hydrogen-bond donors (Lipinski definition) is 0. The van der Waals surface area contributed by atoms with Gasteiger partial charge in [-0.1, -0.05) is 34.5 Å². The first kappa shape index (κ1) is 11.7. The first-order valence-electron chi connectivity index (χ1n) is 6.77. The van der Waals surface area contributed by atoms with Crippen molar-refractivity contribution in [3.63, 3.8) is 0 Å². The summed E-state index contributed by atoms with van der Waals surface area (Å²) in [6, 6.07) is 8.96. The van der Waals surface area contributed by atoms with Gasteiger partial charge in [-0.15, -0.1) is 0 Å². The number of hydrogen-bond acceptors (Lipinski definition) is 1. The third kappa shape index (κ3) is 2.30. The second kappa shape index (κ2) is 4.74. The van der Waals surface area contributed by atoms with Crippen LogP contribution in [-0.4, -0.2) is 24.5 Å². The number of benzene rings is 1. The predicted octanol–water partition coefficient (Wildman–Crippen LogP) is 3.97. The van der Waals surface area contributed by atoms with E-state index in [1.54, 1.807) is 5.56 Å². The lowest BCUT2D eigenvalue weighted by atomic mass is 9.64. The van der Waals surface area contributed by atoms with Gasteiger partial charge in [0.1, 0.15) is 0 Å². The van der Waals surface area contributed by atoms with Crippen molar-refractivity contribution in [1.82, 2.24) is 4.90 Å². The summed E-state index contributed by atoms with van der Waals surface area (Å²) >= 11 is 3.61. The zero-order valence-electron chi connectivity index (χ0n) is 10.3. The van der Waals surface area contributed by atoms with Gasteiger partial charge in [0.2, 0.25) is 0 Å². The molecule has 1 aromatic carbocycles. The molecular formula is C15H20BrN. The maximum absolute atomic E-state index is 3.61. The smallest absolute Gasteiger partial charge is 0.0178 e. The Morgan fingerprint density at radius 1 is 1.12 bits per heavy atom. The van der Waals surface area contributed by atoms with Gasteiger partial charge in [0.25, 0.3) is 0 Å². The summed E-state index contributed by atoms with van der Waals surface area (Å²) in [6.45, 7) is 3.91. The molecule has 0 N–H and O–H groups in total. The van der Waals surface area contributed by atoms with E-state index in [0.717, 1.165) is 0 Å². The molecule has 0 radical (unpaired) electrons. The van der Waals surface area contributed by atoms with E-state index >= 15 is 0 Å². The highest BCUT2D eigenvalue weighted by Crippen LogP contribution is 2.45. The van der Waals surface area contributed by atoms with Crippen LogP contribution in [0.2, 0.25) is 0 Å². The Morgan fingerprint density at radius 3 is 2.47 bits per heavy atom. The zero-order valence-corrected chi connectivity index (χ0v) is 11.9. The third-order valence-electron chi connectivity index (χ3n) is 4.47. The molecule has 3 rings (SSSR count). The number of rotatable bonds is 3. The molecule has 17 heavy (non-hydrogen) atoms. The zero-order chi connectivity index (χ0) is 11.7. The van der Waals surface area contributed by atoms with Crippen LogP contribution in [0.5, 0.6) is 0 Å². The lowest BCUT2D eigenvalue weighted by molar-refractivity contribution is 0.159.